The van der Waals surface area contributed by atoms with Gasteiger partial charge in [0.25, 0.3) is 0 Å². The minimum atomic E-state index is -0.503. The van der Waals surface area contributed by atoms with Crippen molar-refractivity contribution in [2.75, 3.05) is 12.3 Å². The number of unbranched alkanes of at least 4 members (excludes halogenated alkanes) is 3. The van der Waals surface area contributed by atoms with Gasteiger partial charge in [-0.1, -0.05) is 30.3 Å². The fraction of sp³-hybridized carbons (Fsp3) is 0.231. The SMILES string of the molecule is Nc1ccccc1[As]C(=O)CCCCCCNC(=O)c1ccc(-c2ccccc2)cc1. The van der Waals surface area contributed by atoms with Crippen LogP contribution in [0.25, 0.3) is 11.1 Å². The van der Waals surface area contributed by atoms with Crippen LogP contribution in [0.3, 0.4) is 0 Å². The summed E-state index contributed by atoms with van der Waals surface area (Å²) >= 11 is -0.503. The van der Waals surface area contributed by atoms with Gasteiger partial charge < -0.3 is 0 Å². The Bertz CT molecular complexity index is 988. The Morgan fingerprint density at radius 2 is 1.39 bits per heavy atom. The van der Waals surface area contributed by atoms with E-state index >= 15 is 0 Å². The number of hydrogen-bond acceptors (Lipinski definition) is 3. The molecule has 0 aliphatic rings. The molecule has 3 rings (SSSR count). The number of nitrogens with two attached hydrogens (primary N) is 1. The fourth-order valence-electron chi connectivity index (χ4n) is 3.28. The number of amides is 1. The van der Waals surface area contributed by atoms with Crippen LogP contribution < -0.4 is 15.4 Å². The van der Waals surface area contributed by atoms with Crippen molar-refractivity contribution in [2.45, 2.75) is 32.1 Å². The molecule has 0 fully saturated rings. The van der Waals surface area contributed by atoms with Crippen LogP contribution in [0.15, 0.2) is 78.9 Å². The van der Waals surface area contributed by atoms with Gasteiger partial charge in [-0.3, -0.25) is 0 Å². The van der Waals surface area contributed by atoms with Crippen molar-refractivity contribution in [1.82, 2.24) is 5.32 Å². The van der Waals surface area contributed by atoms with Crippen LogP contribution in [0.4, 0.5) is 5.69 Å². The molecule has 3 aromatic rings. The average Bonchev–Trinajstić information content (AvgIpc) is 2.80. The van der Waals surface area contributed by atoms with Gasteiger partial charge >= 0.3 is 150 Å². The fourth-order valence-corrected chi connectivity index (χ4v) is 5.18. The number of anilines is 1. The first-order valence-corrected chi connectivity index (χ1v) is 12.5. The molecule has 5 heteroatoms. The zero-order valence-electron chi connectivity index (χ0n) is 17.6. The predicted molar refractivity (Wildman–Crippen MR) is 129 cm³/mol. The maximum atomic E-state index is 12.3. The van der Waals surface area contributed by atoms with Crippen molar-refractivity contribution in [3.63, 3.8) is 0 Å². The summed E-state index contributed by atoms with van der Waals surface area (Å²) in [6.07, 6.45) is 4.44. The van der Waals surface area contributed by atoms with E-state index in [-0.39, 0.29) is 5.91 Å². The zero-order chi connectivity index (χ0) is 21.9. The van der Waals surface area contributed by atoms with Crippen LogP contribution in [0.2, 0.25) is 0 Å². The van der Waals surface area contributed by atoms with Gasteiger partial charge in [-0.2, -0.15) is 0 Å². The van der Waals surface area contributed by atoms with Gasteiger partial charge in [0, 0.05) is 0 Å². The van der Waals surface area contributed by atoms with Crippen molar-refractivity contribution in [1.29, 1.82) is 0 Å². The van der Waals surface area contributed by atoms with Gasteiger partial charge in [0.05, 0.1) is 0 Å². The Hall–Kier alpha value is -2.84. The van der Waals surface area contributed by atoms with Crippen LogP contribution in [0, 0.1) is 0 Å². The molecule has 31 heavy (non-hydrogen) atoms. The normalized spacial score (nSPS) is 11.0. The number of nitrogens with one attached hydrogen (secondary N) is 1. The summed E-state index contributed by atoms with van der Waals surface area (Å²) in [5.41, 5.74) is 9.56. The second-order valence-electron chi connectivity index (χ2n) is 7.43. The molecule has 0 heterocycles. The molecule has 0 saturated heterocycles. The van der Waals surface area contributed by atoms with E-state index in [1.807, 2.05) is 66.7 Å². The molecular formula is C26H28AsN2O2. The monoisotopic (exact) mass is 475 g/mol. The van der Waals surface area contributed by atoms with E-state index in [4.69, 9.17) is 5.73 Å². The number of carbonyl (C=O) groups excluding carboxylic acids is 2. The molecule has 0 aliphatic heterocycles. The Kier molecular flexibility index (Phi) is 8.93. The van der Waals surface area contributed by atoms with Crippen LogP contribution in [0.1, 0.15) is 42.5 Å². The van der Waals surface area contributed by atoms with Crippen molar-refractivity contribution in [2.24, 2.45) is 0 Å². The van der Waals surface area contributed by atoms with Gasteiger partial charge in [0.1, 0.15) is 0 Å². The topological polar surface area (TPSA) is 72.2 Å². The van der Waals surface area contributed by atoms with Crippen LogP contribution in [-0.4, -0.2) is 32.8 Å². The molecule has 3 N–H and O–H groups in total. The van der Waals surface area contributed by atoms with E-state index in [1.165, 1.54) is 0 Å². The van der Waals surface area contributed by atoms with Crippen molar-refractivity contribution >= 4 is 36.3 Å². The Balaban J connectivity index is 1.29. The van der Waals surface area contributed by atoms with E-state index in [9.17, 15) is 9.59 Å². The molecule has 0 bridgehead atoms. The molecule has 159 valence electrons. The third-order valence-electron chi connectivity index (χ3n) is 5.04. The summed E-state index contributed by atoms with van der Waals surface area (Å²) in [7, 11) is 0. The summed E-state index contributed by atoms with van der Waals surface area (Å²) < 4.78 is 1.32. The van der Waals surface area contributed by atoms with E-state index in [2.05, 4.69) is 17.4 Å². The van der Waals surface area contributed by atoms with Gasteiger partial charge in [-0.25, -0.2) is 0 Å². The number of para-hydroxylation sites is 1. The first kappa shape index (κ1) is 22.8. The Morgan fingerprint density at radius 3 is 2.13 bits per heavy atom. The summed E-state index contributed by atoms with van der Waals surface area (Å²) in [4.78, 5) is 24.5. The number of hydrogen-bond donors (Lipinski definition) is 2. The van der Waals surface area contributed by atoms with E-state index in [1.54, 1.807) is 0 Å². The van der Waals surface area contributed by atoms with Crippen LogP contribution >= 0.6 is 0 Å². The molecule has 0 aromatic heterocycles. The summed E-state index contributed by atoms with van der Waals surface area (Å²) in [6, 6.07) is 25.4. The molecule has 3 aromatic carbocycles. The second-order valence-corrected chi connectivity index (χ2v) is 9.95. The van der Waals surface area contributed by atoms with Gasteiger partial charge in [-0.05, 0) is 11.1 Å². The molecule has 1 amide bonds. The molecule has 0 saturated carbocycles. The molecule has 0 aliphatic carbocycles. The number of rotatable bonds is 11. The molecular weight excluding hydrogens is 447 g/mol. The van der Waals surface area contributed by atoms with Gasteiger partial charge in [0.2, 0.25) is 0 Å². The number of carbonyl (C=O) groups is 2. The Morgan fingerprint density at radius 1 is 0.742 bits per heavy atom. The molecule has 4 nitrogen and oxygen atoms in total. The quantitative estimate of drug-likeness (QED) is 0.248. The minimum absolute atomic E-state index is 0.0423. The van der Waals surface area contributed by atoms with Crippen LogP contribution in [0.5, 0.6) is 0 Å². The first-order chi connectivity index (χ1) is 15.1. The van der Waals surface area contributed by atoms with Crippen molar-refractivity contribution < 1.29 is 9.59 Å². The summed E-state index contributed by atoms with van der Waals surface area (Å²) in [5, 5.41) is 2.98. The van der Waals surface area contributed by atoms with Crippen molar-refractivity contribution in [3.05, 3.63) is 84.4 Å². The molecule has 0 unspecified atom stereocenters. The van der Waals surface area contributed by atoms with E-state index in [0.29, 0.717) is 23.1 Å². The van der Waals surface area contributed by atoms with Gasteiger partial charge in [0.15, 0.2) is 0 Å². The standard InChI is InChI=1S/C26H28AsN2O2/c28-24-13-8-7-12-23(24)27-25(30)14-6-1-2-9-19-29-26(31)22-17-15-21(16-18-22)20-10-4-3-5-11-20/h3-5,7-8,10-13,15-18H,1-2,6,9,14,19,28H2,(H,29,31). The van der Waals surface area contributed by atoms with E-state index < -0.39 is 15.8 Å². The summed E-state index contributed by atoms with van der Waals surface area (Å²) in [5.74, 6) is -0.0423. The van der Waals surface area contributed by atoms with Crippen LogP contribution in [-0.2, 0) is 4.79 Å². The van der Waals surface area contributed by atoms with Crippen molar-refractivity contribution in [3.8, 4) is 11.1 Å². The summed E-state index contributed by atoms with van der Waals surface area (Å²) in [6.45, 7) is 0.652. The zero-order valence-corrected chi connectivity index (χ0v) is 19.5. The Labute approximate surface area is 190 Å². The first-order valence-electron chi connectivity index (χ1n) is 10.7. The maximum absolute atomic E-state index is 12.3. The van der Waals surface area contributed by atoms with E-state index in [0.717, 1.165) is 46.8 Å². The number of nitrogen functional groups attached to an aromatic ring is 1. The van der Waals surface area contributed by atoms with Gasteiger partial charge in [-0.15, -0.1) is 0 Å². The molecule has 0 atom stereocenters. The molecule has 0 spiro atoms. The third kappa shape index (κ3) is 7.41. The molecule has 1 radical (unpaired) electrons. The average molecular weight is 475 g/mol. The number of benzene rings is 3. The predicted octanol–water partition coefficient (Wildman–Crippen LogP) is 4.17. The third-order valence-corrected chi connectivity index (χ3v) is 7.39. The second kappa shape index (κ2) is 12.1.